The number of nitrogens with one attached hydrogen (secondary N) is 1. The van der Waals surface area contributed by atoms with Crippen LogP contribution in [0.15, 0.2) is 54.6 Å². The van der Waals surface area contributed by atoms with Crippen molar-refractivity contribution in [1.82, 2.24) is 10.2 Å². The molecule has 0 unspecified atom stereocenters. The molecule has 2 nitrogen and oxygen atoms in total. The highest BCUT2D eigenvalue weighted by Gasteiger charge is 2.21. The fourth-order valence-electron chi connectivity index (χ4n) is 3.51. The summed E-state index contributed by atoms with van der Waals surface area (Å²) < 4.78 is 0. The van der Waals surface area contributed by atoms with E-state index in [4.69, 9.17) is 0 Å². The van der Waals surface area contributed by atoms with Gasteiger partial charge in [0.05, 0.1) is 0 Å². The van der Waals surface area contributed by atoms with Crippen LogP contribution in [0.2, 0.25) is 0 Å². The van der Waals surface area contributed by atoms with Crippen LogP contribution in [0.3, 0.4) is 0 Å². The summed E-state index contributed by atoms with van der Waals surface area (Å²) in [6.07, 6.45) is 3.82. The van der Waals surface area contributed by atoms with Gasteiger partial charge in [-0.1, -0.05) is 68.3 Å². The molecule has 1 heterocycles. The lowest BCUT2D eigenvalue weighted by Crippen LogP contribution is -2.45. The van der Waals surface area contributed by atoms with Crippen molar-refractivity contribution in [3.8, 4) is 11.1 Å². The summed E-state index contributed by atoms with van der Waals surface area (Å²) in [6, 6.07) is 20.4. The summed E-state index contributed by atoms with van der Waals surface area (Å²) in [5.74, 6) is 0. The van der Waals surface area contributed by atoms with Crippen molar-refractivity contribution in [2.24, 2.45) is 0 Å². The second kappa shape index (κ2) is 11.5. The van der Waals surface area contributed by atoms with E-state index in [1.54, 1.807) is 0 Å². The van der Waals surface area contributed by atoms with Crippen LogP contribution in [0.5, 0.6) is 0 Å². The van der Waals surface area contributed by atoms with Gasteiger partial charge in [0.25, 0.3) is 0 Å². The van der Waals surface area contributed by atoms with Gasteiger partial charge in [-0.25, -0.2) is 0 Å². The van der Waals surface area contributed by atoms with Crippen LogP contribution in [-0.2, 0) is 0 Å². The van der Waals surface area contributed by atoms with Crippen LogP contribution in [-0.4, -0.2) is 31.1 Å². The van der Waals surface area contributed by atoms with Crippen molar-refractivity contribution in [3.63, 3.8) is 0 Å². The van der Waals surface area contributed by atoms with Gasteiger partial charge in [0.1, 0.15) is 0 Å². The maximum Gasteiger partial charge on any atom is 0.0349 e. The number of hydrogen-bond acceptors (Lipinski definition) is 2. The van der Waals surface area contributed by atoms with E-state index >= 15 is 0 Å². The molecule has 2 aromatic carbocycles. The molecule has 138 valence electrons. The average molecular weight is 381 g/mol. The highest BCUT2D eigenvalue weighted by Crippen LogP contribution is 2.30. The lowest BCUT2D eigenvalue weighted by molar-refractivity contribution is 0.163. The fourth-order valence-corrected chi connectivity index (χ4v) is 3.51. The predicted octanol–water partition coefficient (Wildman–Crippen LogP) is 5.33. The topological polar surface area (TPSA) is 15.3 Å². The Morgan fingerprint density at radius 1 is 0.920 bits per heavy atom. The van der Waals surface area contributed by atoms with Crippen molar-refractivity contribution in [1.29, 1.82) is 0 Å². The Labute approximate surface area is 164 Å². The Bertz CT molecular complexity index is 598. The fraction of sp³-hybridized carbons (Fsp3) is 0.429. The molecule has 0 radical (unpaired) electrons. The van der Waals surface area contributed by atoms with Crippen molar-refractivity contribution < 1.29 is 0 Å². The zero-order valence-electron chi connectivity index (χ0n) is 15.0. The molecule has 0 aliphatic carbocycles. The third-order valence-corrected chi connectivity index (χ3v) is 4.80. The van der Waals surface area contributed by atoms with Gasteiger partial charge in [-0.3, -0.25) is 4.90 Å². The van der Waals surface area contributed by atoms with Crippen LogP contribution < -0.4 is 5.32 Å². The lowest BCUT2D eigenvalue weighted by Gasteiger charge is -2.35. The Hall–Kier alpha value is -1.06. The minimum atomic E-state index is 0. The molecule has 0 amide bonds. The van der Waals surface area contributed by atoms with Gasteiger partial charge < -0.3 is 5.32 Å². The molecule has 1 aliphatic heterocycles. The van der Waals surface area contributed by atoms with Gasteiger partial charge in [0.15, 0.2) is 0 Å². The molecule has 1 N–H and O–H groups in total. The van der Waals surface area contributed by atoms with Gasteiger partial charge in [0.2, 0.25) is 0 Å². The molecule has 0 bridgehead atoms. The second-order valence-corrected chi connectivity index (χ2v) is 6.44. The predicted molar refractivity (Wildman–Crippen MR) is 113 cm³/mol. The number of piperazine rings is 1. The second-order valence-electron chi connectivity index (χ2n) is 6.44. The van der Waals surface area contributed by atoms with Crippen LogP contribution >= 0.6 is 24.8 Å². The largest absolute Gasteiger partial charge is 0.314 e. The summed E-state index contributed by atoms with van der Waals surface area (Å²) in [4.78, 5) is 2.66. The first kappa shape index (κ1) is 22.0. The quantitative estimate of drug-likeness (QED) is 0.727. The van der Waals surface area contributed by atoms with E-state index in [1.807, 2.05) is 0 Å². The third kappa shape index (κ3) is 6.00. The lowest BCUT2D eigenvalue weighted by atomic mass is 9.95. The smallest absolute Gasteiger partial charge is 0.0349 e. The molecule has 1 atom stereocenters. The summed E-state index contributed by atoms with van der Waals surface area (Å²) in [5.41, 5.74) is 4.12. The number of benzene rings is 2. The van der Waals surface area contributed by atoms with Crippen LogP contribution in [0.4, 0.5) is 0 Å². The van der Waals surface area contributed by atoms with Crippen molar-refractivity contribution >= 4 is 24.8 Å². The number of rotatable bonds is 6. The van der Waals surface area contributed by atoms with E-state index in [0.717, 1.165) is 26.2 Å². The monoisotopic (exact) mass is 380 g/mol. The summed E-state index contributed by atoms with van der Waals surface area (Å²) >= 11 is 0. The summed E-state index contributed by atoms with van der Waals surface area (Å²) in [5, 5.41) is 3.47. The molecule has 1 saturated heterocycles. The van der Waals surface area contributed by atoms with E-state index in [1.165, 1.54) is 36.0 Å². The first-order valence-corrected chi connectivity index (χ1v) is 8.98. The van der Waals surface area contributed by atoms with Gasteiger partial charge in [0, 0.05) is 32.2 Å². The molecule has 1 aliphatic rings. The van der Waals surface area contributed by atoms with Crippen molar-refractivity contribution in [2.75, 3.05) is 26.2 Å². The normalized spacial score (nSPS) is 15.7. The van der Waals surface area contributed by atoms with Gasteiger partial charge in [-0.2, -0.15) is 0 Å². The highest BCUT2D eigenvalue weighted by atomic mass is 35.5. The molecule has 3 rings (SSSR count). The molecule has 2 aromatic rings. The third-order valence-electron chi connectivity index (χ3n) is 4.80. The zero-order chi connectivity index (χ0) is 15.9. The molecular weight excluding hydrogens is 351 g/mol. The Morgan fingerprint density at radius 3 is 2.28 bits per heavy atom. The van der Waals surface area contributed by atoms with Crippen molar-refractivity contribution in [3.05, 3.63) is 60.2 Å². The number of unbranched alkanes of at least 4 members (excludes halogenated alkanes) is 1. The van der Waals surface area contributed by atoms with E-state index < -0.39 is 0 Å². The first-order chi connectivity index (χ1) is 11.4. The molecule has 25 heavy (non-hydrogen) atoms. The van der Waals surface area contributed by atoms with Crippen LogP contribution in [0, 0.1) is 0 Å². The number of halogens is 2. The molecule has 4 heteroatoms. The molecule has 0 spiro atoms. The number of hydrogen-bond donors (Lipinski definition) is 1. The Morgan fingerprint density at radius 2 is 1.60 bits per heavy atom. The number of nitrogens with zero attached hydrogens (tertiary/aromatic N) is 1. The SMILES string of the molecule is CCCC[C@@H](c1cccc(-c2ccccc2)c1)N1CCNCC1.Cl.Cl. The zero-order valence-corrected chi connectivity index (χ0v) is 16.6. The van der Waals surface area contributed by atoms with E-state index in [-0.39, 0.29) is 24.8 Å². The minimum Gasteiger partial charge on any atom is -0.314 e. The van der Waals surface area contributed by atoms with Gasteiger partial charge in [-0.15, -0.1) is 24.8 Å². The summed E-state index contributed by atoms with van der Waals surface area (Å²) in [7, 11) is 0. The van der Waals surface area contributed by atoms with E-state index in [0.29, 0.717) is 6.04 Å². The first-order valence-electron chi connectivity index (χ1n) is 8.98. The van der Waals surface area contributed by atoms with Gasteiger partial charge >= 0.3 is 0 Å². The molecule has 0 aromatic heterocycles. The maximum absolute atomic E-state index is 3.47. The average Bonchev–Trinajstić information content (AvgIpc) is 2.64. The van der Waals surface area contributed by atoms with Crippen LogP contribution in [0.1, 0.15) is 37.8 Å². The molecule has 1 fully saturated rings. The standard InChI is InChI=1S/C21H28N2.2ClH/c1-2-3-12-21(23-15-13-22-14-16-23)20-11-7-10-19(17-20)18-8-5-4-6-9-18;;/h4-11,17,21-22H,2-3,12-16H2,1H3;2*1H/t21-;;/m0../s1. The highest BCUT2D eigenvalue weighted by molar-refractivity contribution is 5.85. The maximum atomic E-state index is 3.47. The minimum absolute atomic E-state index is 0. The van der Waals surface area contributed by atoms with E-state index in [2.05, 4.69) is 71.7 Å². The molecular formula is C21H30Cl2N2. The molecule has 0 saturated carbocycles. The van der Waals surface area contributed by atoms with Crippen LogP contribution in [0.25, 0.3) is 11.1 Å². The van der Waals surface area contributed by atoms with E-state index in [9.17, 15) is 0 Å². The summed E-state index contributed by atoms with van der Waals surface area (Å²) in [6.45, 7) is 6.82. The Balaban J connectivity index is 0.00000156. The Kier molecular flexibility index (Phi) is 10.1. The van der Waals surface area contributed by atoms with Gasteiger partial charge in [-0.05, 0) is 29.2 Å². The van der Waals surface area contributed by atoms with Crippen molar-refractivity contribution in [2.45, 2.75) is 32.2 Å².